The Hall–Kier alpha value is -2.31. The summed E-state index contributed by atoms with van der Waals surface area (Å²) in [6, 6.07) is 18.6. The minimum absolute atomic E-state index is 0.268. The van der Waals surface area contributed by atoms with Crippen LogP contribution >= 0.6 is 11.6 Å². The first-order valence-corrected chi connectivity index (χ1v) is 7.79. The van der Waals surface area contributed by atoms with E-state index < -0.39 is 17.3 Å². The molecule has 0 fully saturated rings. The molecule has 2 aromatic carbocycles. The Balaban J connectivity index is 2.57. The zero-order valence-corrected chi connectivity index (χ0v) is 13.9. The van der Waals surface area contributed by atoms with Crippen LogP contribution in [0.25, 0.3) is 0 Å². The molecule has 0 bridgehead atoms. The van der Waals surface area contributed by atoms with Crippen LogP contribution in [0.4, 0.5) is 0 Å². The lowest BCUT2D eigenvalue weighted by Crippen LogP contribution is -2.35. The molecule has 118 valence electrons. The molecule has 4 heteroatoms. The van der Waals surface area contributed by atoms with E-state index in [1.807, 2.05) is 30.3 Å². The minimum atomic E-state index is -1.06. The molecule has 0 N–H and O–H groups in total. The fourth-order valence-electron chi connectivity index (χ4n) is 2.67. The summed E-state index contributed by atoms with van der Waals surface area (Å²) in [5.74, 6) is -1.12. The number of nitriles is 1. The fourth-order valence-corrected chi connectivity index (χ4v) is 2.79. The molecule has 3 nitrogen and oxygen atoms in total. The van der Waals surface area contributed by atoms with Gasteiger partial charge >= 0.3 is 5.97 Å². The molecule has 0 aliphatic carbocycles. The standard InChI is InChI=1S/C19H18ClNO2/c1-3-23-18(22)17(14-7-5-4-6-8-14)19(2,13-21)15-9-11-16(20)12-10-15/h4-12,17H,3H2,1-2H3. The van der Waals surface area contributed by atoms with Crippen molar-refractivity contribution < 1.29 is 9.53 Å². The van der Waals surface area contributed by atoms with Gasteiger partial charge in [0.25, 0.3) is 0 Å². The first-order chi connectivity index (χ1) is 11.0. The number of rotatable bonds is 5. The van der Waals surface area contributed by atoms with Gasteiger partial charge < -0.3 is 4.74 Å². The molecule has 0 aromatic heterocycles. The number of carbonyl (C=O) groups is 1. The van der Waals surface area contributed by atoms with Crippen molar-refractivity contribution in [2.45, 2.75) is 25.2 Å². The molecule has 2 rings (SSSR count). The number of esters is 1. The Morgan fingerprint density at radius 1 is 1.22 bits per heavy atom. The highest BCUT2D eigenvalue weighted by Gasteiger charge is 2.43. The van der Waals surface area contributed by atoms with Crippen molar-refractivity contribution in [2.24, 2.45) is 0 Å². The number of nitrogens with zero attached hydrogens (tertiary/aromatic N) is 1. The Kier molecular flexibility index (Phi) is 5.41. The summed E-state index contributed by atoms with van der Waals surface area (Å²) >= 11 is 5.94. The van der Waals surface area contributed by atoms with Crippen molar-refractivity contribution in [3.63, 3.8) is 0 Å². The van der Waals surface area contributed by atoms with Crippen molar-refractivity contribution in [1.82, 2.24) is 0 Å². The van der Waals surface area contributed by atoms with Gasteiger partial charge in [-0.1, -0.05) is 54.1 Å². The molecule has 0 heterocycles. The lowest BCUT2D eigenvalue weighted by molar-refractivity contribution is -0.146. The quantitative estimate of drug-likeness (QED) is 0.761. The maximum absolute atomic E-state index is 12.6. The van der Waals surface area contributed by atoms with Crippen LogP contribution in [-0.2, 0) is 14.9 Å². The van der Waals surface area contributed by atoms with Gasteiger partial charge in [0.15, 0.2) is 0 Å². The van der Waals surface area contributed by atoms with E-state index in [-0.39, 0.29) is 6.61 Å². The van der Waals surface area contributed by atoms with E-state index in [0.717, 1.165) is 11.1 Å². The number of carbonyl (C=O) groups excluding carboxylic acids is 1. The zero-order chi connectivity index (χ0) is 16.9. The van der Waals surface area contributed by atoms with Crippen molar-refractivity contribution in [3.05, 3.63) is 70.7 Å². The molecule has 0 amide bonds. The largest absolute Gasteiger partial charge is 0.465 e. The second-order valence-electron chi connectivity index (χ2n) is 5.42. The van der Waals surface area contributed by atoms with Gasteiger partial charge in [0, 0.05) is 5.02 Å². The fraction of sp³-hybridized carbons (Fsp3) is 0.263. The summed E-state index contributed by atoms with van der Waals surface area (Å²) in [5.41, 5.74) is 0.425. The van der Waals surface area contributed by atoms with Crippen LogP contribution in [-0.4, -0.2) is 12.6 Å². The molecular weight excluding hydrogens is 310 g/mol. The minimum Gasteiger partial charge on any atom is -0.465 e. The van der Waals surface area contributed by atoms with E-state index in [1.54, 1.807) is 38.1 Å². The monoisotopic (exact) mass is 327 g/mol. The Labute approximate surface area is 141 Å². The molecule has 0 saturated heterocycles. The lowest BCUT2D eigenvalue weighted by atomic mass is 9.70. The van der Waals surface area contributed by atoms with Gasteiger partial charge in [-0.25, -0.2) is 0 Å². The maximum atomic E-state index is 12.6. The second kappa shape index (κ2) is 7.30. The topological polar surface area (TPSA) is 50.1 Å². The third-order valence-electron chi connectivity index (χ3n) is 3.91. The van der Waals surface area contributed by atoms with Crippen molar-refractivity contribution in [2.75, 3.05) is 6.61 Å². The number of hydrogen-bond donors (Lipinski definition) is 0. The molecule has 0 saturated carbocycles. The molecule has 0 aliphatic rings. The predicted molar refractivity (Wildman–Crippen MR) is 90.2 cm³/mol. The summed E-state index contributed by atoms with van der Waals surface area (Å²) < 4.78 is 5.24. The first-order valence-electron chi connectivity index (χ1n) is 7.41. The number of ether oxygens (including phenoxy) is 1. The van der Waals surface area contributed by atoms with Crippen LogP contribution in [0.5, 0.6) is 0 Å². The second-order valence-corrected chi connectivity index (χ2v) is 5.85. The molecule has 0 spiro atoms. The third kappa shape index (κ3) is 3.55. The van der Waals surface area contributed by atoms with Crippen LogP contribution in [0.1, 0.15) is 30.9 Å². The van der Waals surface area contributed by atoms with Gasteiger partial charge in [-0.2, -0.15) is 5.26 Å². The van der Waals surface area contributed by atoms with E-state index >= 15 is 0 Å². The smallest absolute Gasteiger partial charge is 0.315 e. The predicted octanol–water partition coefficient (Wildman–Crippen LogP) is 4.47. The molecule has 23 heavy (non-hydrogen) atoms. The van der Waals surface area contributed by atoms with E-state index in [1.165, 1.54) is 0 Å². The van der Waals surface area contributed by atoms with E-state index in [9.17, 15) is 10.1 Å². The summed E-state index contributed by atoms with van der Waals surface area (Å²) in [6.07, 6.45) is 0. The molecular formula is C19H18ClNO2. The summed E-state index contributed by atoms with van der Waals surface area (Å²) in [4.78, 5) is 12.6. The van der Waals surface area contributed by atoms with E-state index in [2.05, 4.69) is 6.07 Å². The molecule has 2 aromatic rings. The van der Waals surface area contributed by atoms with Gasteiger partial charge in [0.2, 0.25) is 0 Å². The maximum Gasteiger partial charge on any atom is 0.315 e. The van der Waals surface area contributed by atoms with Crippen LogP contribution < -0.4 is 0 Å². The third-order valence-corrected chi connectivity index (χ3v) is 4.16. The molecule has 2 atom stereocenters. The van der Waals surface area contributed by atoms with Crippen molar-refractivity contribution in [3.8, 4) is 6.07 Å². The van der Waals surface area contributed by atoms with Crippen LogP contribution in [0.15, 0.2) is 54.6 Å². The highest BCUT2D eigenvalue weighted by molar-refractivity contribution is 6.30. The van der Waals surface area contributed by atoms with E-state index in [0.29, 0.717) is 5.02 Å². The Morgan fingerprint density at radius 2 is 1.83 bits per heavy atom. The van der Waals surface area contributed by atoms with Crippen LogP contribution in [0, 0.1) is 11.3 Å². The first kappa shape index (κ1) is 17.1. The summed E-state index contributed by atoms with van der Waals surface area (Å²) in [6.45, 7) is 3.78. The summed E-state index contributed by atoms with van der Waals surface area (Å²) in [7, 11) is 0. The van der Waals surface area contributed by atoms with Gasteiger partial charge in [-0.15, -0.1) is 0 Å². The van der Waals surface area contributed by atoms with Gasteiger partial charge in [0.1, 0.15) is 5.92 Å². The van der Waals surface area contributed by atoms with Gasteiger partial charge in [-0.05, 0) is 37.1 Å². The highest BCUT2D eigenvalue weighted by atomic mass is 35.5. The highest BCUT2D eigenvalue weighted by Crippen LogP contribution is 2.40. The van der Waals surface area contributed by atoms with Crippen molar-refractivity contribution in [1.29, 1.82) is 5.26 Å². The lowest BCUT2D eigenvalue weighted by Gasteiger charge is -2.31. The SMILES string of the molecule is CCOC(=O)C(c1ccccc1)C(C)(C#N)c1ccc(Cl)cc1. The zero-order valence-electron chi connectivity index (χ0n) is 13.1. The Morgan fingerprint density at radius 3 is 2.35 bits per heavy atom. The molecule has 2 unspecified atom stereocenters. The summed E-state index contributed by atoms with van der Waals surface area (Å²) in [5, 5.41) is 10.5. The van der Waals surface area contributed by atoms with E-state index in [4.69, 9.17) is 16.3 Å². The number of halogens is 1. The number of hydrogen-bond acceptors (Lipinski definition) is 3. The molecule has 0 radical (unpaired) electrons. The van der Waals surface area contributed by atoms with Gasteiger partial charge in [0.05, 0.1) is 18.1 Å². The van der Waals surface area contributed by atoms with Crippen LogP contribution in [0.2, 0.25) is 5.02 Å². The molecule has 0 aliphatic heterocycles. The average Bonchev–Trinajstić information content (AvgIpc) is 2.56. The van der Waals surface area contributed by atoms with Crippen molar-refractivity contribution >= 4 is 17.6 Å². The normalized spacial score (nSPS) is 14.3. The average molecular weight is 328 g/mol. The van der Waals surface area contributed by atoms with Gasteiger partial charge in [-0.3, -0.25) is 4.79 Å². The van der Waals surface area contributed by atoms with Crippen LogP contribution in [0.3, 0.4) is 0 Å². The number of benzene rings is 2. The Bertz CT molecular complexity index is 706.